The molecule has 4 aliphatic rings. The standard InChI is InChI=1S/C37H30N/c1-22-16-31-34(19-30(22)35-20-29(23(2)21-38(35)3)24-10-5-4-6-11-24)37-28-15-8-7-14-27(28)36(31)32-17-25-12-9-13-26(25)18-33(32)37/h4-8,10-21,36-37H,9H2,1-3H3/q+1. The first-order valence-corrected chi connectivity index (χ1v) is 13.7. The van der Waals surface area contributed by atoms with Crippen LogP contribution in [0.1, 0.15) is 62.8 Å². The van der Waals surface area contributed by atoms with Crippen LogP contribution in [0, 0.1) is 13.8 Å². The van der Waals surface area contributed by atoms with E-state index in [4.69, 9.17) is 0 Å². The van der Waals surface area contributed by atoms with E-state index in [1.807, 2.05) is 0 Å². The molecule has 0 amide bonds. The maximum absolute atomic E-state index is 2.52. The fraction of sp³-hybridized carbons (Fsp3) is 0.162. The van der Waals surface area contributed by atoms with Crippen molar-refractivity contribution in [2.75, 3.05) is 0 Å². The third-order valence-corrected chi connectivity index (χ3v) is 9.09. The number of fused-ring (bicyclic) bond motifs is 1. The van der Waals surface area contributed by atoms with Crippen LogP contribution in [0.25, 0.3) is 34.5 Å². The molecule has 5 aromatic rings. The summed E-state index contributed by atoms with van der Waals surface area (Å²) in [6, 6.07) is 32.3. The van der Waals surface area contributed by atoms with Crippen molar-refractivity contribution in [1.29, 1.82) is 0 Å². The molecule has 2 bridgehead atoms. The normalized spacial score (nSPS) is 17.7. The monoisotopic (exact) mass is 488 g/mol. The molecule has 182 valence electrons. The summed E-state index contributed by atoms with van der Waals surface area (Å²) in [7, 11) is 2.18. The van der Waals surface area contributed by atoms with E-state index in [-0.39, 0.29) is 5.92 Å². The molecule has 0 saturated carbocycles. The van der Waals surface area contributed by atoms with Gasteiger partial charge < -0.3 is 0 Å². The minimum atomic E-state index is 0.282. The summed E-state index contributed by atoms with van der Waals surface area (Å²) in [6.45, 7) is 4.50. The highest BCUT2D eigenvalue weighted by molar-refractivity contribution is 5.76. The van der Waals surface area contributed by atoms with Gasteiger partial charge in [0.1, 0.15) is 7.05 Å². The van der Waals surface area contributed by atoms with Crippen molar-refractivity contribution in [2.45, 2.75) is 32.1 Å². The molecule has 2 unspecified atom stereocenters. The molecule has 4 aromatic carbocycles. The highest BCUT2D eigenvalue weighted by Crippen LogP contribution is 2.56. The van der Waals surface area contributed by atoms with Gasteiger partial charge in [0.25, 0.3) is 0 Å². The topological polar surface area (TPSA) is 3.88 Å². The summed E-state index contributed by atoms with van der Waals surface area (Å²) in [5.74, 6) is 0.587. The molecular weight excluding hydrogens is 458 g/mol. The van der Waals surface area contributed by atoms with Crippen molar-refractivity contribution >= 4 is 12.2 Å². The number of hydrogen-bond donors (Lipinski definition) is 0. The molecule has 1 heterocycles. The third-order valence-electron chi connectivity index (χ3n) is 9.09. The molecule has 0 radical (unpaired) electrons. The van der Waals surface area contributed by atoms with Crippen LogP contribution in [0.15, 0.2) is 91.1 Å². The van der Waals surface area contributed by atoms with Gasteiger partial charge in [-0.25, -0.2) is 4.57 Å². The zero-order valence-corrected chi connectivity index (χ0v) is 22.1. The number of rotatable bonds is 2. The first kappa shape index (κ1) is 21.8. The van der Waals surface area contributed by atoms with E-state index in [0.717, 1.165) is 6.42 Å². The second kappa shape index (κ2) is 7.88. The molecule has 0 spiro atoms. The Morgan fingerprint density at radius 3 is 1.82 bits per heavy atom. The van der Waals surface area contributed by atoms with Gasteiger partial charge in [0.2, 0.25) is 5.69 Å². The minimum Gasteiger partial charge on any atom is -0.201 e. The van der Waals surface area contributed by atoms with Crippen LogP contribution in [-0.2, 0) is 7.05 Å². The highest BCUT2D eigenvalue weighted by Gasteiger charge is 2.42. The molecule has 1 heteroatoms. The van der Waals surface area contributed by atoms with Gasteiger partial charge in [0.15, 0.2) is 6.20 Å². The van der Waals surface area contributed by atoms with Crippen molar-refractivity contribution in [3.63, 3.8) is 0 Å². The molecular formula is C37H30N+. The van der Waals surface area contributed by atoms with Crippen molar-refractivity contribution in [2.24, 2.45) is 7.05 Å². The molecule has 1 nitrogen and oxygen atoms in total. The van der Waals surface area contributed by atoms with Crippen molar-refractivity contribution < 1.29 is 4.57 Å². The summed E-state index contributed by atoms with van der Waals surface area (Å²) < 4.78 is 2.30. The number of aromatic nitrogens is 1. The zero-order chi connectivity index (χ0) is 25.5. The van der Waals surface area contributed by atoms with Crippen LogP contribution in [-0.4, -0.2) is 0 Å². The lowest BCUT2D eigenvalue weighted by molar-refractivity contribution is -0.660. The molecule has 9 rings (SSSR count). The Morgan fingerprint density at radius 2 is 1.16 bits per heavy atom. The Hall–Kier alpha value is -4.23. The molecule has 0 fully saturated rings. The predicted molar refractivity (Wildman–Crippen MR) is 156 cm³/mol. The maximum atomic E-state index is 2.52. The number of benzene rings is 4. The Balaban J connectivity index is 1.37. The van der Waals surface area contributed by atoms with Crippen molar-refractivity contribution in [3.8, 4) is 22.4 Å². The quantitative estimate of drug-likeness (QED) is 0.248. The highest BCUT2D eigenvalue weighted by atomic mass is 14.9. The van der Waals surface area contributed by atoms with Gasteiger partial charge in [0.05, 0.1) is 0 Å². The predicted octanol–water partition coefficient (Wildman–Crippen LogP) is 6.41. The molecule has 1 aromatic heterocycles. The molecule has 2 atom stereocenters. The van der Waals surface area contributed by atoms with Crippen LogP contribution in [0.2, 0.25) is 0 Å². The van der Waals surface area contributed by atoms with Crippen LogP contribution < -0.4 is 15.0 Å². The van der Waals surface area contributed by atoms with Gasteiger partial charge in [-0.3, -0.25) is 0 Å². The minimum absolute atomic E-state index is 0.282. The van der Waals surface area contributed by atoms with E-state index < -0.39 is 0 Å². The van der Waals surface area contributed by atoms with Crippen LogP contribution in [0.4, 0.5) is 0 Å². The largest absolute Gasteiger partial charge is 0.213 e. The Labute approximate surface area is 224 Å². The van der Waals surface area contributed by atoms with E-state index in [1.54, 1.807) is 0 Å². The molecule has 4 aliphatic carbocycles. The van der Waals surface area contributed by atoms with E-state index in [9.17, 15) is 0 Å². The lowest BCUT2D eigenvalue weighted by Crippen LogP contribution is -2.34. The Morgan fingerprint density at radius 1 is 0.579 bits per heavy atom. The first-order chi connectivity index (χ1) is 18.6. The number of aryl methyl sites for hydroxylation is 3. The lowest BCUT2D eigenvalue weighted by Gasteiger charge is -2.42. The number of hydrogen-bond acceptors (Lipinski definition) is 0. The van der Waals surface area contributed by atoms with E-state index in [0.29, 0.717) is 5.92 Å². The van der Waals surface area contributed by atoms with Gasteiger partial charge in [-0.1, -0.05) is 84.9 Å². The Kier molecular flexibility index (Phi) is 4.53. The summed E-state index contributed by atoms with van der Waals surface area (Å²) >= 11 is 0. The smallest absolute Gasteiger partial charge is 0.201 e. The fourth-order valence-electron chi connectivity index (χ4n) is 7.38. The second-order valence-corrected chi connectivity index (χ2v) is 11.3. The summed E-state index contributed by atoms with van der Waals surface area (Å²) in [4.78, 5) is 0. The van der Waals surface area contributed by atoms with Gasteiger partial charge in [-0.15, -0.1) is 0 Å². The lowest BCUT2D eigenvalue weighted by atomic mass is 9.60. The average Bonchev–Trinajstić information content (AvgIpc) is 3.39. The second-order valence-electron chi connectivity index (χ2n) is 11.3. The molecule has 0 aliphatic heterocycles. The van der Waals surface area contributed by atoms with Gasteiger partial charge in [0, 0.05) is 29.0 Å². The Bertz CT molecular complexity index is 1930. The first-order valence-electron chi connectivity index (χ1n) is 13.7. The summed E-state index contributed by atoms with van der Waals surface area (Å²) in [5, 5.41) is 2.81. The number of nitrogens with zero attached hydrogens (tertiary/aromatic N) is 1. The van der Waals surface area contributed by atoms with E-state index >= 15 is 0 Å². The average molecular weight is 489 g/mol. The molecule has 0 N–H and O–H groups in total. The summed E-state index contributed by atoms with van der Waals surface area (Å²) in [5.41, 5.74) is 16.7. The van der Waals surface area contributed by atoms with E-state index in [1.165, 1.54) is 77.3 Å². The van der Waals surface area contributed by atoms with Crippen LogP contribution >= 0.6 is 0 Å². The fourth-order valence-corrected chi connectivity index (χ4v) is 7.38. The SMILES string of the molecule is Cc1c[n+](C)c(-c2cc3c(cc2C)C2c4ccccc4C3c3cc4c(cc32)=CCC=4)cc1-c1ccccc1. The zero-order valence-electron chi connectivity index (χ0n) is 22.1. The maximum Gasteiger partial charge on any atom is 0.213 e. The molecule has 38 heavy (non-hydrogen) atoms. The van der Waals surface area contributed by atoms with Gasteiger partial charge in [-0.2, -0.15) is 0 Å². The van der Waals surface area contributed by atoms with Gasteiger partial charge >= 0.3 is 0 Å². The number of pyridine rings is 1. The molecule has 0 saturated heterocycles. The summed E-state index contributed by atoms with van der Waals surface area (Å²) in [6.07, 6.45) is 8.08. The van der Waals surface area contributed by atoms with E-state index in [2.05, 4.69) is 129 Å². The van der Waals surface area contributed by atoms with Crippen LogP contribution in [0.3, 0.4) is 0 Å². The van der Waals surface area contributed by atoms with Crippen LogP contribution in [0.5, 0.6) is 0 Å². The third kappa shape index (κ3) is 2.96. The van der Waals surface area contributed by atoms with Crippen molar-refractivity contribution in [3.05, 3.63) is 146 Å². The van der Waals surface area contributed by atoms with Gasteiger partial charge in [-0.05, 0) is 86.8 Å². The van der Waals surface area contributed by atoms with Crippen molar-refractivity contribution in [1.82, 2.24) is 0 Å².